The minimum absolute atomic E-state index is 0.0670. The van der Waals surface area contributed by atoms with Crippen LogP contribution in [0.25, 0.3) is 10.2 Å². The van der Waals surface area contributed by atoms with Crippen LogP contribution < -0.4 is 5.56 Å². The predicted octanol–water partition coefficient (Wildman–Crippen LogP) is 3.61. The van der Waals surface area contributed by atoms with Crippen LogP contribution >= 0.6 is 11.3 Å². The van der Waals surface area contributed by atoms with Crippen molar-refractivity contribution < 1.29 is 4.79 Å². The lowest BCUT2D eigenvalue weighted by Gasteiger charge is -2.36. The van der Waals surface area contributed by atoms with Gasteiger partial charge in [-0.15, -0.1) is 11.3 Å². The van der Waals surface area contributed by atoms with Gasteiger partial charge in [-0.3, -0.25) is 19.1 Å². The molecule has 1 aliphatic rings. The van der Waals surface area contributed by atoms with Crippen molar-refractivity contribution in [2.75, 3.05) is 19.6 Å². The van der Waals surface area contributed by atoms with Crippen LogP contribution in [0.1, 0.15) is 63.9 Å². The molecule has 1 fully saturated rings. The number of carbonyl (C=O) groups excluding carboxylic acids is 1. The standard InChI is InChI=1S/C22H34N4O2S/c1-7-18-16(6)29-21-20(18)22(28)25(13-23-21)17-9-8-10-24(11-17)12-19(27)26(14(2)3)15(4)5/h13-15,17H,7-12H2,1-6H3/t17-/m1/s1. The van der Waals surface area contributed by atoms with Gasteiger partial charge in [-0.25, -0.2) is 4.98 Å². The van der Waals surface area contributed by atoms with E-state index in [1.54, 1.807) is 17.7 Å². The molecule has 1 atom stereocenters. The zero-order chi connectivity index (χ0) is 21.3. The molecule has 0 unspecified atom stereocenters. The Morgan fingerprint density at radius 3 is 2.62 bits per heavy atom. The molecular weight excluding hydrogens is 384 g/mol. The van der Waals surface area contributed by atoms with E-state index < -0.39 is 0 Å². The van der Waals surface area contributed by atoms with Crippen molar-refractivity contribution in [1.82, 2.24) is 19.4 Å². The van der Waals surface area contributed by atoms with Crippen LogP contribution in [0.4, 0.5) is 0 Å². The van der Waals surface area contributed by atoms with Gasteiger partial charge in [0.1, 0.15) is 4.83 Å². The SMILES string of the molecule is CCc1c(C)sc2ncn([C@@H]3CCCN(CC(=O)N(C(C)C)C(C)C)C3)c(=O)c12. The van der Waals surface area contributed by atoms with E-state index in [9.17, 15) is 9.59 Å². The topological polar surface area (TPSA) is 58.4 Å². The number of thiophene rings is 1. The van der Waals surface area contributed by atoms with Gasteiger partial charge < -0.3 is 4.90 Å². The highest BCUT2D eigenvalue weighted by Gasteiger charge is 2.28. The smallest absolute Gasteiger partial charge is 0.262 e. The van der Waals surface area contributed by atoms with E-state index >= 15 is 0 Å². The Labute approximate surface area is 177 Å². The molecule has 1 amide bonds. The molecule has 0 spiro atoms. The molecule has 3 heterocycles. The number of fused-ring (bicyclic) bond motifs is 1. The number of aromatic nitrogens is 2. The highest BCUT2D eigenvalue weighted by molar-refractivity contribution is 7.18. The third kappa shape index (κ3) is 4.40. The van der Waals surface area contributed by atoms with Crippen molar-refractivity contribution in [3.63, 3.8) is 0 Å². The molecule has 2 aromatic rings. The van der Waals surface area contributed by atoms with E-state index in [1.165, 1.54) is 4.88 Å². The first kappa shape index (κ1) is 22.0. The quantitative estimate of drug-likeness (QED) is 0.719. The molecule has 2 aromatic heterocycles. The van der Waals surface area contributed by atoms with Crippen molar-refractivity contribution in [2.24, 2.45) is 0 Å². The van der Waals surface area contributed by atoms with Crippen molar-refractivity contribution in [3.05, 3.63) is 27.1 Å². The average Bonchev–Trinajstić information content (AvgIpc) is 2.97. The largest absolute Gasteiger partial charge is 0.337 e. The predicted molar refractivity (Wildman–Crippen MR) is 120 cm³/mol. The first-order valence-corrected chi connectivity index (χ1v) is 11.6. The first-order chi connectivity index (χ1) is 13.7. The minimum atomic E-state index is 0.0670. The summed E-state index contributed by atoms with van der Waals surface area (Å²) in [7, 11) is 0. The lowest BCUT2D eigenvalue weighted by atomic mass is 10.0. The van der Waals surface area contributed by atoms with Gasteiger partial charge in [-0.2, -0.15) is 0 Å². The number of amides is 1. The molecule has 1 saturated heterocycles. The van der Waals surface area contributed by atoms with Crippen LogP contribution in [0.2, 0.25) is 0 Å². The van der Waals surface area contributed by atoms with E-state index in [4.69, 9.17) is 0 Å². The molecule has 0 N–H and O–H groups in total. The molecule has 0 bridgehead atoms. The van der Waals surface area contributed by atoms with Gasteiger partial charge in [-0.1, -0.05) is 6.92 Å². The Hall–Kier alpha value is -1.73. The highest BCUT2D eigenvalue weighted by atomic mass is 32.1. The number of hydrogen-bond acceptors (Lipinski definition) is 5. The summed E-state index contributed by atoms with van der Waals surface area (Å²) in [4.78, 5) is 36.9. The number of nitrogens with zero attached hydrogens (tertiary/aromatic N) is 4. The number of hydrogen-bond donors (Lipinski definition) is 0. The normalized spacial score (nSPS) is 18.1. The van der Waals surface area contributed by atoms with Crippen LogP contribution in [0, 0.1) is 6.92 Å². The summed E-state index contributed by atoms with van der Waals surface area (Å²) in [6.07, 6.45) is 4.48. The van der Waals surface area contributed by atoms with Gasteiger partial charge in [0.15, 0.2) is 0 Å². The molecule has 0 aromatic carbocycles. The molecule has 1 aliphatic heterocycles. The zero-order valence-corrected chi connectivity index (χ0v) is 19.4. The number of aryl methyl sites for hydroxylation is 2. The van der Waals surface area contributed by atoms with Crippen LogP contribution in [0.15, 0.2) is 11.1 Å². The number of carbonyl (C=O) groups is 1. The van der Waals surface area contributed by atoms with Crippen molar-refractivity contribution >= 4 is 27.5 Å². The van der Waals surface area contributed by atoms with Gasteiger partial charge >= 0.3 is 0 Å². The Kier molecular flexibility index (Phi) is 6.79. The molecule has 0 saturated carbocycles. The van der Waals surface area contributed by atoms with Gasteiger partial charge in [0.2, 0.25) is 5.91 Å². The van der Waals surface area contributed by atoms with E-state index in [0.717, 1.165) is 41.6 Å². The average molecular weight is 419 g/mol. The summed E-state index contributed by atoms with van der Waals surface area (Å²) >= 11 is 1.61. The second-order valence-electron chi connectivity index (χ2n) is 8.65. The summed E-state index contributed by atoms with van der Waals surface area (Å²) in [6, 6.07) is 0.440. The second-order valence-corrected chi connectivity index (χ2v) is 9.85. The highest BCUT2D eigenvalue weighted by Crippen LogP contribution is 2.28. The van der Waals surface area contributed by atoms with Crippen LogP contribution in [0.3, 0.4) is 0 Å². The molecule has 29 heavy (non-hydrogen) atoms. The molecule has 6 nitrogen and oxygen atoms in total. The van der Waals surface area contributed by atoms with Gasteiger partial charge in [0.05, 0.1) is 24.3 Å². The molecule has 7 heteroatoms. The number of rotatable bonds is 6. The third-order valence-corrected chi connectivity index (χ3v) is 6.98. The Morgan fingerprint density at radius 2 is 2.00 bits per heavy atom. The fourth-order valence-corrected chi connectivity index (χ4v) is 5.78. The van der Waals surface area contributed by atoms with Crippen molar-refractivity contribution in [1.29, 1.82) is 0 Å². The molecule has 0 aliphatic carbocycles. The summed E-state index contributed by atoms with van der Waals surface area (Å²) in [5.41, 5.74) is 1.20. The Bertz CT molecular complexity index is 923. The van der Waals surface area contributed by atoms with Gasteiger partial charge in [0, 0.05) is 23.5 Å². The fraction of sp³-hybridized carbons (Fsp3) is 0.682. The van der Waals surface area contributed by atoms with Crippen molar-refractivity contribution in [2.45, 2.75) is 78.9 Å². The zero-order valence-electron chi connectivity index (χ0n) is 18.6. The van der Waals surface area contributed by atoms with Crippen molar-refractivity contribution in [3.8, 4) is 0 Å². The second kappa shape index (κ2) is 8.96. The van der Waals surface area contributed by atoms with E-state index in [2.05, 4.69) is 51.4 Å². The van der Waals surface area contributed by atoms with Crippen LogP contribution in [-0.2, 0) is 11.2 Å². The van der Waals surface area contributed by atoms with Crippen LogP contribution in [0.5, 0.6) is 0 Å². The van der Waals surface area contributed by atoms with Gasteiger partial charge in [-0.05, 0) is 66.0 Å². The molecule has 3 rings (SSSR count). The Morgan fingerprint density at radius 1 is 1.31 bits per heavy atom. The summed E-state index contributed by atoms with van der Waals surface area (Å²) in [6.45, 7) is 14.4. The van der Waals surface area contributed by atoms with Gasteiger partial charge in [0.25, 0.3) is 5.56 Å². The van der Waals surface area contributed by atoms with E-state index in [-0.39, 0.29) is 29.6 Å². The summed E-state index contributed by atoms with van der Waals surface area (Å²) in [5, 5.41) is 0.788. The fourth-order valence-electron chi connectivity index (χ4n) is 4.70. The Balaban J connectivity index is 1.82. The lowest BCUT2D eigenvalue weighted by Crippen LogP contribution is -2.49. The lowest BCUT2D eigenvalue weighted by molar-refractivity contribution is -0.136. The minimum Gasteiger partial charge on any atom is -0.337 e. The van der Waals surface area contributed by atoms with E-state index in [1.807, 2.05) is 9.47 Å². The van der Waals surface area contributed by atoms with Crippen LogP contribution in [-0.4, -0.2) is 57.0 Å². The van der Waals surface area contributed by atoms with E-state index in [0.29, 0.717) is 13.1 Å². The molecule has 160 valence electrons. The first-order valence-electron chi connectivity index (χ1n) is 10.8. The molecular formula is C22H34N4O2S. The maximum absolute atomic E-state index is 13.3. The number of piperidine rings is 1. The molecule has 0 radical (unpaired) electrons. The maximum atomic E-state index is 13.3. The maximum Gasteiger partial charge on any atom is 0.262 e. The summed E-state index contributed by atoms with van der Waals surface area (Å²) < 4.78 is 1.81. The number of likely N-dealkylation sites (tertiary alicyclic amines) is 1. The third-order valence-electron chi connectivity index (χ3n) is 5.93. The summed E-state index contributed by atoms with van der Waals surface area (Å²) in [5.74, 6) is 0.165. The monoisotopic (exact) mass is 418 g/mol.